The lowest BCUT2D eigenvalue weighted by molar-refractivity contribution is 0.402. The molecule has 10 rings (SSSR count). The van der Waals surface area contributed by atoms with Crippen molar-refractivity contribution >= 4 is 60.7 Å². The van der Waals surface area contributed by atoms with Crippen LogP contribution in [0, 0.1) is 0 Å². The summed E-state index contributed by atoms with van der Waals surface area (Å²) in [5, 5.41) is 4.47. The van der Waals surface area contributed by atoms with Crippen molar-refractivity contribution in [2.45, 2.75) is 6.17 Å². The van der Waals surface area contributed by atoms with Gasteiger partial charge in [-0.05, 0) is 77.9 Å². The number of anilines is 3. The van der Waals surface area contributed by atoms with Crippen molar-refractivity contribution in [3.8, 4) is 11.5 Å². The summed E-state index contributed by atoms with van der Waals surface area (Å²) >= 11 is 0. The van der Waals surface area contributed by atoms with Gasteiger partial charge in [0.1, 0.15) is 5.82 Å². The lowest BCUT2D eigenvalue weighted by atomic mass is 10.00. The minimum Gasteiger partial charge on any atom is -0.355 e. The summed E-state index contributed by atoms with van der Waals surface area (Å²) in [4.78, 5) is 9.30. The Balaban J connectivity index is 1.18. The first-order valence-electron chi connectivity index (χ1n) is 16.9. The molecule has 0 amide bonds. The van der Waals surface area contributed by atoms with E-state index in [-0.39, 0.29) is 0 Å². The predicted octanol–water partition coefficient (Wildman–Crippen LogP) is 10.9. The van der Waals surface area contributed by atoms with Gasteiger partial charge in [0.05, 0.1) is 40.1 Å². The Morgan fingerprint density at radius 1 is 0.560 bits per heavy atom. The average molecular weight is 650 g/mol. The average Bonchev–Trinajstić information content (AvgIpc) is 3.82. The fraction of sp³-hybridized carbons (Fsp3) is 0.0682. The minimum absolute atomic E-state index is 0.608. The highest BCUT2D eigenvalue weighted by Crippen LogP contribution is 2.44. The number of nitrogens with zero attached hydrogens (tertiary/aromatic N) is 5. The SMILES string of the molecule is CN1CN(c2cccc(C(F)c3ccc4c5ccc6c(c7ccccc7n6-c6ccccc6)c5n(-c5ccccn5)c4c3)c2)c2ccccc21. The van der Waals surface area contributed by atoms with Gasteiger partial charge in [-0.1, -0.05) is 84.9 Å². The van der Waals surface area contributed by atoms with Gasteiger partial charge in [0.15, 0.2) is 6.17 Å². The smallest absolute Gasteiger partial charge is 0.150 e. The van der Waals surface area contributed by atoms with Crippen LogP contribution in [-0.4, -0.2) is 27.8 Å². The van der Waals surface area contributed by atoms with Crippen LogP contribution in [0.15, 0.2) is 158 Å². The number of aromatic nitrogens is 3. The van der Waals surface area contributed by atoms with Crippen LogP contribution in [0.4, 0.5) is 21.5 Å². The van der Waals surface area contributed by atoms with Crippen LogP contribution in [0.3, 0.4) is 0 Å². The summed E-state index contributed by atoms with van der Waals surface area (Å²) in [7, 11) is 2.09. The summed E-state index contributed by atoms with van der Waals surface area (Å²) in [6.07, 6.45) is 0.506. The molecule has 5 nitrogen and oxygen atoms in total. The fourth-order valence-electron chi connectivity index (χ4n) is 7.95. The van der Waals surface area contributed by atoms with E-state index >= 15 is 4.39 Å². The van der Waals surface area contributed by atoms with Crippen LogP contribution in [0.5, 0.6) is 0 Å². The molecule has 1 atom stereocenters. The molecule has 0 N–H and O–H groups in total. The van der Waals surface area contributed by atoms with Crippen molar-refractivity contribution < 1.29 is 4.39 Å². The molecular weight excluding hydrogens is 618 g/mol. The van der Waals surface area contributed by atoms with E-state index in [0.29, 0.717) is 17.8 Å². The molecule has 0 bridgehead atoms. The molecule has 0 aliphatic carbocycles. The summed E-state index contributed by atoms with van der Waals surface area (Å²) in [5.74, 6) is 0.794. The highest BCUT2D eigenvalue weighted by Gasteiger charge is 2.26. The number of rotatable bonds is 5. The Kier molecular flexibility index (Phi) is 6.33. The van der Waals surface area contributed by atoms with Gasteiger partial charge in [0.2, 0.25) is 0 Å². The van der Waals surface area contributed by atoms with E-state index in [0.717, 1.165) is 66.5 Å². The monoisotopic (exact) mass is 649 g/mol. The zero-order valence-electron chi connectivity index (χ0n) is 27.4. The van der Waals surface area contributed by atoms with Crippen molar-refractivity contribution in [2.75, 3.05) is 23.5 Å². The number of pyridine rings is 1. The molecule has 3 aromatic heterocycles. The maximum absolute atomic E-state index is 16.8. The molecule has 240 valence electrons. The van der Waals surface area contributed by atoms with E-state index in [4.69, 9.17) is 4.98 Å². The molecule has 0 spiro atoms. The highest BCUT2D eigenvalue weighted by molar-refractivity contribution is 6.26. The standard InChI is InChI=1S/C44H32FN5/c1-47-28-48(38-19-8-7-18-37(38)47)32-15-11-12-29(26-32)43(45)30-21-22-33-34-23-24-39-42(44(34)50(40(33)27-30)41-20-9-10-25-46-41)35-16-5-6-17-36(35)49(39)31-13-3-2-4-14-31/h2-27,43H,28H2,1H3. The number of benzene rings is 6. The molecule has 0 radical (unpaired) electrons. The predicted molar refractivity (Wildman–Crippen MR) is 204 cm³/mol. The number of alkyl halides is 1. The molecule has 9 aromatic rings. The molecule has 1 aliphatic rings. The minimum atomic E-state index is -1.31. The highest BCUT2D eigenvalue weighted by atomic mass is 19.1. The van der Waals surface area contributed by atoms with Gasteiger partial charge in [-0.25, -0.2) is 9.37 Å². The third-order valence-corrected chi connectivity index (χ3v) is 10.2. The third-order valence-electron chi connectivity index (χ3n) is 10.2. The third kappa shape index (κ3) is 4.21. The molecule has 0 fully saturated rings. The fourth-order valence-corrected chi connectivity index (χ4v) is 7.95. The first kappa shape index (κ1) is 28.6. The van der Waals surface area contributed by atoms with Gasteiger partial charge in [-0.3, -0.25) is 4.57 Å². The van der Waals surface area contributed by atoms with Crippen LogP contribution in [0.2, 0.25) is 0 Å². The molecule has 6 heteroatoms. The van der Waals surface area contributed by atoms with E-state index < -0.39 is 6.17 Å². The zero-order valence-corrected chi connectivity index (χ0v) is 27.4. The number of halogens is 1. The topological polar surface area (TPSA) is 29.2 Å². The van der Waals surface area contributed by atoms with Crippen LogP contribution in [0.1, 0.15) is 17.3 Å². The number of hydrogen-bond donors (Lipinski definition) is 0. The normalized spacial score (nSPS) is 13.6. The molecule has 1 unspecified atom stereocenters. The van der Waals surface area contributed by atoms with E-state index in [1.54, 1.807) is 0 Å². The van der Waals surface area contributed by atoms with Crippen LogP contribution in [-0.2, 0) is 0 Å². The van der Waals surface area contributed by atoms with Gasteiger partial charge in [-0.15, -0.1) is 0 Å². The first-order chi connectivity index (χ1) is 24.7. The van der Waals surface area contributed by atoms with Gasteiger partial charge in [-0.2, -0.15) is 0 Å². The quantitative estimate of drug-likeness (QED) is 0.186. The van der Waals surface area contributed by atoms with Gasteiger partial charge in [0.25, 0.3) is 0 Å². The first-order valence-corrected chi connectivity index (χ1v) is 16.9. The van der Waals surface area contributed by atoms with Gasteiger partial charge in [0, 0.05) is 46.2 Å². The lowest BCUT2D eigenvalue weighted by Crippen LogP contribution is -2.24. The van der Waals surface area contributed by atoms with Crippen molar-refractivity contribution in [1.82, 2.24) is 14.1 Å². The van der Waals surface area contributed by atoms with E-state index in [1.165, 1.54) is 5.69 Å². The second kappa shape index (κ2) is 11.1. The van der Waals surface area contributed by atoms with Crippen molar-refractivity contribution in [3.05, 3.63) is 169 Å². The van der Waals surface area contributed by atoms with E-state index in [2.05, 4.69) is 123 Å². The van der Waals surface area contributed by atoms with Crippen molar-refractivity contribution in [3.63, 3.8) is 0 Å². The molecule has 0 saturated carbocycles. The Hall–Kier alpha value is -6.40. The molecule has 6 aromatic carbocycles. The Labute approximate surface area is 288 Å². The van der Waals surface area contributed by atoms with Crippen LogP contribution >= 0.6 is 0 Å². The van der Waals surface area contributed by atoms with Crippen molar-refractivity contribution in [2.24, 2.45) is 0 Å². The van der Waals surface area contributed by atoms with Crippen molar-refractivity contribution in [1.29, 1.82) is 0 Å². The van der Waals surface area contributed by atoms with Crippen LogP contribution < -0.4 is 9.80 Å². The maximum Gasteiger partial charge on any atom is 0.150 e. The maximum atomic E-state index is 16.8. The zero-order chi connectivity index (χ0) is 33.3. The molecule has 4 heterocycles. The molecular formula is C44H32FN5. The summed E-state index contributed by atoms with van der Waals surface area (Å²) in [6.45, 7) is 0.713. The summed E-state index contributed by atoms with van der Waals surface area (Å²) < 4.78 is 21.4. The van der Waals surface area contributed by atoms with E-state index in [9.17, 15) is 0 Å². The second-order valence-electron chi connectivity index (χ2n) is 13.1. The number of hydrogen-bond acceptors (Lipinski definition) is 3. The lowest BCUT2D eigenvalue weighted by Gasteiger charge is -2.21. The molecule has 0 saturated heterocycles. The number of fused-ring (bicyclic) bond motifs is 8. The summed E-state index contributed by atoms with van der Waals surface area (Å²) in [5.41, 5.74) is 9.85. The van der Waals surface area contributed by atoms with Gasteiger partial charge >= 0.3 is 0 Å². The second-order valence-corrected chi connectivity index (χ2v) is 13.1. The molecule has 50 heavy (non-hydrogen) atoms. The van der Waals surface area contributed by atoms with Crippen LogP contribution in [0.25, 0.3) is 55.1 Å². The van der Waals surface area contributed by atoms with Gasteiger partial charge < -0.3 is 14.4 Å². The largest absolute Gasteiger partial charge is 0.355 e. The number of para-hydroxylation sites is 4. The Bertz CT molecular complexity index is 2730. The van der Waals surface area contributed by atoms with E-state index in [1.807, 2.05) is 60.8 Å². The molecule has 1 aliphatic heterocycles. The Morgan fingerprint density at radius 3 is 2.16 bits per heavy atom. The Morgan fingerprint density at radius 2 is 1.30 bits per heavy atom. The summed E-state index contributed by atoms with van der Waals surface area (Å²) in [6, 6.07) is 51.7.